The summed E-state index contributed by atoms with van der Waals surface area (Å²) < 4.78 is 37.9. The minimum Gasteiger partial charge on any atom is -0.388 e. The Morgan fingerprint density at radius 3 is 1.88 bits per heavy atom. The van der Waals surface area contributed by atoms with E-state index in [1.54, 1.807) is 0 Å². The number of benzene rings is 2. The predicted molar refractivity (Wildman–Crippen MR) is 93.0 cm³/mol. The molecule has 0 aliphatic heterocycles. The van der Waals surface area contributed by atoms with Gasteiger partial charge in [0.1, 0.15) is 0 Å². The van der Waals surface area contributed by atoms with Crippen molar-refractivity contribution in [3.63, 3.8) is 0 Å². The Morgan fingerprint density at radius 1 is 0.840 bits per heavy atom. The highest BCUT2D eigenvalue weighted by molar-refractivity contribution is 5.64. The summed E-state index contributed by atoms with van der Waals surface area (Å²) in [4.78, 5) is 0. The molecule has 1 N–H and O–H groups in total. The predicted octanol–water partition coefficient (Wildman–Crippen LogP) is 6.38. The van der Waals surface area contributed by atoms with Crippen molar-refractivity contribution in [2.24, 2.45) is 5.92 Å². The molecule has 2 aromatic carbocycles. The van der Waals surface area contributed by atoms with Gasteiger partial charge in [-0.25, -0.2) is 0 Å². The summed E-state index contributed by atoms with van der Waals surface area (Å²) >= 11 is 0. The number of alkyl halides is 3. The zero-order valence-electron chi connectivity index (χ0n) is 14.1. The molecule has 0 amide bonds. The van der Waals surface area contributed by atoms with Crippen molar-refractivity contribution in [2.75, 3.05) is 0 Å². The lowest BCUT2D eigenvalue weighted by Crippen LogP contribution is -2.11. The standard InChI is InChI=1S/C21H23F3O/c22-21(23,24)19-12-10-17(11-13-19)16-6-8-18(9-7-16)20(25)14-15-4-2-1-3-5-15/h6-13,15,20,25H,1-5,14H2. The van der Waals surface area contributed by atoms with Gasteiger partial charge in [-0.1, -0.05) is 68.5 Å². The Morgan fingerprint density at radius 2 is 1.36 bits per heavy atom. The van der Waals surface area contributed by atoms with Crippen LogP contribution < -0.4 is 0 Å². The molecule has 3 rings (SSSR count). The molecule has 25 heavy (non-hydrogen) atoms. The van der Waals surface area contributed by atoms with Crippen LogP contribution in [0.3, 0.4) is 0 Å². The van der Waals surface area contributed by atoms with E-state index in [0.717, 1.165) is 35.2 Å². The van der Waals surface area contributed by atoms with E-state index in [9.17, 15) is 18.3 Å². The third-order valence-corrected chi connectivity index (χ3v) is 5.12. The molecule has 0 bridgehead atoms. The van der Waals surface area contributed by atoms with Crippen molar-refractivity contribution in [3.05, 3.63) is 59.7 Å². The van der Waals surface area contributed by atoms with Crippen LogP contribution in [0.2, 0.25) is 0 Å². The first-order valence-corrected chi connectivity index (χ1v) is 8.89. The number of hydrogen-bond donors (Lipinski definition) is 1. The zero-order valence-corrected chi connectivity index (χ0v) is 14.1. The van der Waals surface area contributed by atoms with Gasteiger partial charge in [0.15, 0.2) is 0 Å². The Kier molecular flexibility index (Phi) is 5.48. The van der Waals surface area contributed by atoms with Gasteiger partial charge in [-0.3, -0.25) is 0 Å². The van der Waals surface area contributed by atoms with Gasteiger partial charge >= 0.3 is 6.18 Å². The molecule has 4 heteroatoms. The molecule has 1 unspecified atom stereocenters. The Balaban J connectivity index is 1.67. The second-order valence-corrected chi connectivity index (χ2v) is 6.95. The van der Waals surface area contributed by atoms with E-state index in [0.29, 0.717) is 5.92 Å². The van der Waals surface area contributed by atoms with Gasteiger partial charge in [-0.15, -0.1) is 0 Å². The molecule has 1 nitrogen and oxygen atoms in total. The van der Waals surface area contributed by atoms with Gasteiger partial charge in [-0.05, 0) is 41.2 Å². The largest absolute Gasteiger partial charge is 0.416 e. The van der Waals surface area contributed by atoms with Crippen LogP contribution in [0.1, 0.15) is 55.8 Å². The van der Waals surface area contributed by atoms with Gasteiger partial charge in [0.2, 0.25) is 0 Å². The van der Waals surface area contributed by atoms with Crippen LogP contribution in [0.5, 0.6) is 0 Å². The molecule has 0 aromatic heterocycles. The molecular weight excluding hydrogens is 325 g/mol. The average Bonchev–Trinajstić information content (AvgIpc) is 2.62. The SMILES string of the molecule is OC(CC1CCCCC1)c1ccc(-c2ccc(C(F)(F)F)cc2)cc1. The first kappa shape index (κ1) is 18.0. The summed E-state index contributed by atoms with van der Waals surface area (Å²) in [6.07, 6.45) is 2.21. The molecule has 1 atom stereocenters. The minimum absolute atomic E-state index is 0.468. The van der Waals surface area contributed by atoms with E-state index >= 15 is 0 Å². The van der Waals surface area contributed by atoms with Crippen molar-refractivity contribution < 1.29 is 18.3 Å². The zero-order chi connectivity index (χ0) is 17.9. The second kappa shape index (κ2) is 7.61. The van der Waals surface area contributed by atoms with Crippen LogP contribution in [-0.4, -0.2) is 5.11 Å². The van der Waals surface area contributed by atoms with E-state index < -0.39 is 17.8 Å². The summed E-state index contributed by atoms with van der Waals surface area (Å²) in [5, 5.41) is 10.4. The molecule has 0 saturated heterocycles. The van der Waals surface area contributed by atoms with Crippen molar-refractivity contribution in [1.29, 1.82) is 0 Å². The van der Waals surface area contributed by atoms with Crippen molar-refractivity contribution in [1.82, 2.24) is 0 Å². The fraction of sp³-hybridized carbons (Fsp3) is 0.429. The van der Waals surface area contributed by atoms with Gasteiger partial charge in [0.05, 0.1) is 11.7 Å². The Bertz CT molecular complexity index is 668. The smallest absolute Gasteiger partial charge is 0.388 e. The molecule has 2 aromatic rings. The number of rotatable bonds is 4. The molecule has 1 aliphatic carbocycles. The lowest BCUT2D eigenvalue weighted by atomic mass is 9.84. The van der Waals surface area contributed by atoms with E-state index in [-0.39, 0.29) is 0 Å². The lowest BCUT2D eigenvalue weighted by molar-refractivity contribution is -0.137. The fourth-order valence-electron chi connectivity index (χ4n) is 3.62. The minimum atomic E-state index is -4.31. The van der Waals surface area contributed by atoms with Crippen LogP contribution in [-0.2, 0) is 6.18 Å². The highest BCUT2D eigenvalue weighted by Gasteiger charge is 2.30. The van der Waals surface area contributed by atoms with E-state index in [2.05, 4.69) is 0 Å². The Hall–Kier alpha value is -1.81. The number of halogens is 3. The van der Waals surface area contributed by atoms with Crippen LogP contribution in [0.4, 0.5) is 13.2 Å². The first-order valence-electron chi connectivity index (χ1n) is 8.89. The molecular formula is C21H23F3O. The summed E-state index contributed by atoms with van der Waals surface area (Å²) in [5.41, 5.74) is 1.82. The maximum atomic E-state index is 12.6. The molecule has 0 spiro atoms. The van der Waals surface area contributed by atoms with Crippen molar-refractivity contribution in [3.8, 4) is 11.1 Å². The van der Waals surface area contributed by atoms with Crippen molar-refractivity contribution >= 4 is 0 Å². The van der Waals surface area contributed by atoms with Crippen LogP contribution in [0.25, 0.3) is 11.1 Å². The summed E-state index contributed by atoms with van der Waals surface area (Å²) in [5.74, 6) is 0.596. The molecule has 1 aliphatic rings. The van der Waals surface area contributed by atoms with E-state index in [4.69, 9.17) is 0 Å². The van der Waals surface area contributed by atoms with Crippen molar-refractivity contribution in [2.45, 2.75) is 50.8 Å². The first-order chi connectivity index (χ1) is 11.9. The molecule has 1 fully saturated rings. The van der Waals surface area contributed by atoms with Gasteiger partial charge in [0, 0.05) is 0 Å². The highest BCUT2D eigenvalue weighted by atomic mass is 19.4. The summed E-state index contributed by atoms with van der Waals surface area (Å²) in [7, 11) is 0. The number of hydrogen-bond acceptors (Lipinski definition) is 1. The monoisotopic (exact) mass is 348 g/mol. The van der Waals surface area contributed by atoms with Gasteiger partial charge in [0.25, 0.3) is 0 Å². The molecule has 0 heterocycles. The second-order valence-electron chi connectivity index (χ2n) is 6.95. The number of aliphatic hydroxyl groups excluding tert-OH is 1. The van der Waals surface area contributed by atoms with Crippen LogP contribution >= 0.6 is 0 Å². The average molecular weight is 348 g/mol. The van der Waals surface area contributed by atoms with Crippen LogP contribution in [0.15, 0.2) is 48.5 Å². The third-order valence-electron chi connectivity index (χ3n) is 5.12. The summed E-state index contributed by atoms with van der Waals surface area (Å²) in [6, 6.07) is 12.6. The highest BCUT2D eigenvalue weighted by Crippen LogP contribution is 2.33. The maximum Gasteiger partial charge on any atom is 0.416 e. The number of aliphatic hydroxyl groups is 1. The quantitative estimate of drug-likeness (QED) is 0.680. The molecule has 134 valence electrons. The van der Waals surface area contributed by atoms with Gasteiger partial charge in [-0.2, -0.15) is 13.2 Å². The lowest BCUT2D eigenvalue weighted by Gasteiger charge is -2.24. The third kappa shape index (κ3) is 4.63. The van der Waals surface area contributed by atoms with Crippen LogP contribution in [0, 0.1) is 5.92 Å². The Labute approximate surface area is 146 Å². The summed E-state index contributed by atoms with van der Waals surface area (Å²) in [6.45, 7) is 0. The van der Waals surface area contributed by atoms with E-state index in [1.165, 1.54) is 44.2 Å². The molecule has 0 radical (unpaired) electrons. The molecule has 1 saturated carbocycles. The van der Waals surface area contributed by atoms with E-state index in [1.807, 2.05) is 24.3 Å². The normalized spacial score (nSPS) is 17.4. The topological polar surface area (TPSA) is 20.2 Å². The fourth-order valence-corrected chi connectivity index (χ4v) is 3.62. The van der Waals surface area contributed by atoms with Gasteiger partial charge < -0.3 is 5.11 Å². The maximum absolute atomic E-state index is 12.6.